The molecule has 0 aliphatic heterocycles. The van der Waals surface area contributed by atoms with Crippen molar-refractivity contribution in [2.45, 2.75) is 18.7 Å². The van der Waals surface area contributed by atoms with Crippen LogP contribution in [-0.4, -0.2) is 15.0 Å². The van der Waals surface area contributed by atoms with Crippen LogP contribution in [0.25, 0.3) is 0 Å². The van der Waals surface area contributed by atoms with Gasteiger partial charge >= 0.3 is 0 Å². The van der Waals surface area contributed by atoms with Crippen LogP contribution in [0, 0.1) is 6.92 Å². The Morgan fingerprint density at radius 2 is 2.12 bits per heavy atom. The standard InChI is InChI=1S/C11H15NO3S/c1-3-4-7-15-11-6-5-10(8-9(11)2)16(12,13)14/h3-6,8H,7H2,1-2H3,(H2,12,13,14)/b4-3+. The second-order valence-electron chi connectivity index (χ2n) is 3.35. The highest BCUT2D eigenvalue weighted by Crippen LogP contribution is 2.20. The van der Waals surface area contributed by atoms with Crippen molar-refractivity contribution < 1.29 is 13.2 Å². The van der Waals surface area contributed by atoms with E-state index in [2.05, 4.69) is 0 Å². The van der Waals surface area contributed by atoms with Gasteiger partial charge in [0.2, 0.25) is 10.0 Å². The van der Waals surface area contributed by atoms with E-state index in [4.69, 9.17) is 9.88 Å². The van der Waals surface area contributed by atoms with Crippen LogP contribution < -0.4 is 9.88 Å². The molecule has 0 fully saturated rings. The first-order chi connectivity index (χ1) is 7.45. The lowest BCUT2D eigenvalue weighted by molar-refractivity contribution is 0.360. The first kappa shape index (κ1) is 12.7. The molecule has 1 aromatic rings. The average molecular weight is 241 g/mol. The highest BCUT2D eigenvalue weighted by atomic mass is 32.2. The fraction of sp³-hybridized carbons (Fsp3) is 0.273. The molecular formula is C11H15NO3S. The number of sulfonamides is 1. The van der Waals surface area contributed by atoms with Crippen LogP contribution in [-0.2, 0) is 10.0 Å². The summed E-state index contributed by atoms with van der Waals surface area (Å²) >= 11 is 0. The summed E-state index contributed by atoms with van der Waals surface area (Å²) in [5, 5.41) is 5.02. The Hall–Kier alpha value is -1.33. The van der Waals surface area contributed by atoms with E-state index in [1.165, 1.54) is 12.1 Å². The van der Waals surface area contributed by atoms with Crippen molar-refractivity contribution in [3.05, 3.63) is 35.9 Å². The molecule has 1 rings (SSSR count). The quantitative estimate of drug-likeness (QED) is 0.814. The zero-order chi connectivity index (χ0) is 12.2. The van der Waals surface area contributed by atoms with Crippen LogP contribution in [0.5, 0.6) is 5.75 Å². The maximum Gasteiger partial charge on any atom is 0.238 e. The SMILES string of the molecule is C/C=C/COc1ccc(S(N)(=O)=O)cc1C. The molecule has 0 amide bonds. The molecule has 2 N–H and O–H groups in total. The fourth-order valence-corrected chi connectivity index (χ4v) is 1.79. The van der Waals surface area contributed by atoms with Crippen LogP contribution in [0.4, 0.5) is 0 Å². The van der Waals surface area contributed by atoms with Crippen molar-refractivity contribution in [3.63, 3.8) is 0 Å². The predicted molar refractivity (Wildman–Crippen MR) is 62.9 cm³/mol. The molecule has 0 aromatic heterocycles. The number of ether oxygens (including phenoxy) is 1. The Bertz CT molecular complexity index is 492. The van der Waals surface area contributed by atoms with Gasteiger partial charge in [-0.2, -0.15) is 0 Å². The molecule has 0 saturated carbocycles. The minimum atomic E-state index is -3.64. The minimum Gasteiger partial charge on any atom is -0.489 e. The zero-order valence-electron chi connectivity index (χ0n) is 9.30. The second kappa shape index (κ2) is 5.14. The van der Waals surface area contributed by atoms with Crippen LogP contribution in [0.1, 0.15) is 12.5 Å². The van der Waals surface area contributed by atoms with E-state index in [1.807, 2.05) is 19.1 Å². The van der Waals surface area contributed by atoms with Gasteiger partial charge in [0.05, 0.1) is 4.90 Å². The van der Waals surface area contributed by atoms with Crippen molar-refractivity contribution in [2.75, 3.05) is 6.61 Å². The van der Waals surface area contributed by atoms with E-state index >= 15 is 0 Å². The van der Waals surface area contributed by atoms with Gasteiger partial charge < -0.3 is 4.74 Å². The largest absolute Gasteiger partial charge is 0.489 e. The lowest BCUT2D eigenvalue weighted by Crippen LogP contribution is -2.12. The van der Waals surface area contributed by atoms with E-state index in [9.17, 15) is 8.42 Å². The summed E-state index contributed by atoms with van der Waals surface area (Å²) in [6.07, 6.45) is 3.75. The summed E-state index contributed by atoms with van der Waals surface area (Å²) in [7, 11) is -3.64. The third kappa shape index (κ3) is 3.36. The molecule has 0 atom stereocenters. The van der Waals surface area contributed by atoms with Crippen molar-refractivity contribution in [1.82, 2.24) is 0 Å². The normalized spacial score (nSPS) is 11.9. The first-order valence-corrected chi connectivity index (χ1v) is 6.37. The Balaban J connectivity index is 2.92. The molecule has 0 aliphatic rings. The average Bonchev–Trinajstić information content (AvgIpc) is 2.19. The van der Waals surface area contributed by atoms with E-state index in [0.29, 0.717) is 12.4 Å². The third-order valence-corrected chi connectivity index (χ3v) is 2.96. The number of hydrogen-bond donors (Lipinski definition) is 1. The number of primary sulfonamides is 1. The van der Waals surface area contributed by atoms with Crippen LogP contribution in [0.3, 0.4) is 0 Å². The number of aryl methyl sites for hydroxylation is 1. The number of hydrogen-bond acceptors (Lipinski definition) is 3. The molecule has 88 valence electrons. The summed E-state index contributed by atoms with van der Waals surface area (Å²) < 4.78 is 27.6. The Morgan fingerprint density at radius 1 is 1.44 bits per heavy atom. The highest BCUT2D eigenvalue weighted by molar-refractivity contribution is 7.89. The van der Waals surface area contributed by atoms with Gasteiger partial charge in [-0.05, 0) is 37.6 Å². The molecule has 0 radical (unpaired) electrons. The van der Waals surface area contributed by atoms with Gasteiger partial charge in [-0.3, -0.25) is 0 Å². The summed E-state index contributed by atoms with van der Waals surface area (Å²) in [4.78, 5) is 0.100. The highest BCUT2D eigenvalue weighted by Gasteiger charge is 2.09. The smallest absolute Gasteiger partial charge is 0.238 e. The molecule has 4 nitrogen and oxygen atoms in total. The lowest BCUT2D eigenvalue weighted by atomic mass is 10.2. The molecule has 5 heteroatoms. The van der Waals surface area contributed by atoms with Gasteiger partial charge in [0, 0.05) is 0 Å². The summed E-state index contributed by atoms with van der Waals surface area (Å²) in [5.74, 6) is 0.658. The van der Waals surface area contributed by atoms with Crippen molar-refractivity contribution >= 4 is 10.0 Å². The maximum atomic E-state index is 11.1. The van der Waals surface area contributed by atoms with E-state index < -0.39 is 10.0 Å². The van der Waals surface area contributed by atoms with Gasteiger partial charge in [-0.1, -0.05) is 12.2 Å². The van der Waals surface area contributed by atoms with E-state index in [1.54, 1.807) is 13.0 Å². The Kier molecular flexibility index (Phi) is 4.09. The maximum absolute atomic E-state index is 11.1. The fourth-order valence-electron chi connectivity index (χ4n) is 1.19. The summed E-state index contributed by atoms with van der Waals surface area (Å²) in [5.41, 5.74) is 0.746. The number of allylic oxidation sites excluding steroid dienone is 1. The molecule has 0 unspecified atom stereocenters. The Labute approximate surface area is 95.8 Å². The second-order valence-corrected chi connectivity index (χ2v) is 4.91. The van der Waals surface area contributed by atoms with Gasteiger partial charge in [-0.25, -0.2) is 13.6 Å². The molecule has 0 saturated heterocycles. The number of nitrogens with two attached hydrogens (primary N) is 1. The Morgan fingerprint density at radius 3 is 2.62 bits per heavy atom. The van der Waals surface area contributed by atoms with Crippen LogP contribution in [0.2, 0.25) is 0 Å². The molecule has 1 aromatic carbocycles. The topological polar surface area (TPSA) is 69.4 Å². The van der Waals surface area contributed by atoms with E-state index in [0.717, 1.165) is 5.56 Å². The summed E-state index contributed by atoms with van der Waals surface area (Å²) in [6, 6.07) is 4.55. The van der Waals surface area contributed by atoms with Crippen molar-refractivity contribution in [1.29, 1.82) is 0 Å². The number of rotatable bonds is 4. The molecule has 0 heterocycles. The first-order valence-electron chi connectivity index (χ1n) is 4.82. The predicted octanol–water partition coefficient (Wildman–Crippen LogP) is 1.60. The summed E-state index contributed by atoms with van der Waals surface area (Å²) in [6.45, 7) is 4.14. The van der Waals surface area contributed by atoms with Gasteiger partial charge in [-0.15, -0.1) is 0 Å². The molecule has 0 aliphatic carbocycles. The molecule has 16 heavy (non-hydrogen) atoms. The van der Waals surface area contributed by atoms with Gasteiger partial charge in [0.25, 0.3) is 0 Å². The van der Waals surface area contributed by atoms with Gasteiger partial charge in [0.1, 0.15) is 12.4 Å². The molecule has 0 spiro atoms. The minimum absolute atomic E-state index is 0.100. The molecule has 0 bridgehead atoms. The van der Waals surface area contributed by atoms with Crippen molar-refractivity contribution in [2.24, 2.45) is 5.14 Å². The van der Waals surface area contributed by atoms with Gasteiger partial charge in [0.15, 0.2) is 0 Å². The van der Waals surface area contributed by atoms with Crippen LogP contribution in [0.15, 0.2) is 35.2 Å². The van der Waals surface area contributed by atoms with Crippen LogP contribution >= 0.6 is 0 Å². The number of benzene rings is 1. The molecular weight excluding hydrogens is 226 g/mol. The van der Waals surface area contributed by atoms with Crippen molar-refractivity contribution in [3.8, 4) is 5.75 Å². The zero-order valence-corrected chi connectivity index (χ0v) is 10.1. The third-order valence-electron chi connectivity index (χ3n) is 2.05. The van der Waals surface area contributed by atoms with E-state index in [-0.39, 0.29) is 4.90 Å². The monoisotopic (exact) mass is 241 g/mol. The lowest BCUT2D eigenvalue weighted by Gasteiger charge is -2.08.